The van der Waals surface area contributed by atoms with Crippen molar-refractivity contribution in [2.24, 2.45) is 5.92 Å². The Bertz CT molecular complexity index is 651. The largest absolute Gasteiger partial charge is 0.493 e. The lowest BCUT2D eigenvalue weighted by atomic mass is 10.0. The fraction of sp³-hybridized carbons (Fsp3) is 0.389. The number of aromatic nitrogens is 2. The topological polar surface area (TPSA) is 75.5 Å². The van der Waals surface area contributed by atoms with E-state index >= 15 is 0 Å². The molecule has 126 valence electrons. The Kier molecular flexibility index (Phi) is 5.38. The Labute approximate surface area is 141 Å². The third-order valence-electron chi connectivity index (χ3n) is 4.18. The number of nitrogens with zero attached hydrogens (tertiary/aromatic N) is 3. The van der Waals surface area contributed by atoms with Crippen LogP contribution in [0, 0.1) is 5.92 Å². The second-order valence-electron chi connectivity index (χ2n) is 5.94. The van der Waals surface area contributed by atoms with Crippen LogP contribution in [0.5, 0.6) is 5.75 Å². The number of carbonyl (C=O) groups excluding carboxylic acids is 1. The number of β-amino-alcohol motifs (C(OH)–C–C–N with tert-alkyl or cyclic N) is 1. The van der Waals surface area contributed by atoms with E-state index < -0.39 is 6.10 Å². The summed E-state index contributed by atoms with van der Waals surface area (Å²) in [6.07, 6.45) is 5.37. The van der Waals surface area contributed by atoms with Gasteiger partial charge < -0.3 is 14.7 Å². The number of para-hydroxylation sites is 1. The minimum atomic E-state index is -0.522. The van der Waals surface area contributed by atoms with Gasteiger partial charge in [0.1, 0.15) is 5.75 Å². The van der Waals surface area contributed by atoms with Crippen molar-refractivity contribution >= 4 is 5.91 Å². The normalized spacial score (nSPS) is 20.1. The highest BCUT2D eigenvalue weighted by molar-refractivity contribution is 5.76. The number of hydrogen-bond donors (Lipinski definition) is 1. The van der Waals surface area contributed by atoms with Gasteiger partial charge in [-0.25, -0.2) is 0 Å². The summed E-state index contributed by atoms with van der Waals surface area (Å²) in [5.74, 6) is 0.764. The lowest BCUT2D eigenvalue weighted by molar-refractivity contribution is -0.131. The van der Waals surface area contributed by atoms with Crippen LogP contribution < -0.4 is 4.74 Å². The summed E-state index contributed by atoms with van der Waals surface area (Å²) in [5, 5.41) is 10.2. The first-order valence-electron chi connectivity index (χ1n) is 8.11. The first-order valence-corrected chi connectivity index (χ1v) is 8.11. The zero-order valence-corrected chi connectivity index (χ0v) is 13.4. The predicted molar refractivity (Wildman–Crippen MR) is 88.4 cm³/mol. The molecule has 0 aliphatic carbocycles. The molecule has 1 fully saturated rings. The van der Waals surface area contributed by atoms with Crippen LogP contribution in [0.2, 0.25) is 0 Å². The van der Waals surface area contributed by atoms with E-state index in [0.29, 0.717) is 32.5 Å². The second kappa shape index (κ2) is 7.88. The van der Waals surface area contributed by atoms with Gasteiger partial charge >= 0.3 is 0 Å². The molecule has 1 aliphatic heterocycles. The Morgan fingerprint density at radius 3 is 2.83 bits per heavy atom. The van der Waals surface area contributed by atoms with Crippen LogP contribution in [0.1, 0.15) is 12.1 Å². The van der Waals surface area contributed by atoms with Crippen molar-refractivity contribution in [3.05, 3.63) is 54.6 Å². The first-order chi connectivity index (χ1) is 11.7. The number of aliphatic hydroxyl groups is 1. The molecule has 1 aromatic carbocycles. The lowest BCUT2D eigenvalue weighted by Crippen LogP contribution is -2.30. The Morgan fingerprint density at radius 2 is 2.08 bits per heavy atom. The average Bonchev–Trinajstić information content (AvgIpc) is 2.97. The number of rotatable bonds is 6. The van der Waals surface area contributed by atoms with E-state index in [0.717, 1.165) is 11.4 Å². The number of hydrogen-bond acceptors (Lipinski definition) is 5. The molecule has 0 spiro atoms. The zero-order chi connectivity index (χ0) is 16.8. The molecule has 1 N–H and O–H groups in total. The van der Waals surface area contributed by atoms with Gasteiger partial charge in [0.2, 0.25) is 5.91 Å². The summed E-state index contributed by atoms with van der Waals surface area (Å²) in [4.78, 5) is 22.3. The van der Waals surface area contributed by atoms with E-state index in [4.69, 9.17) is 4.74 Å². The Hall–Kier alpha value is -2.47. The highest BCUT2D eigenvalue weighted by Crippen LogP contribution is 2.21. The van der Waals surface area contributed by atoms with Crippen LogP contribution in [0.3, 0.4) is 0 Å². The standard InChI is InChI=1S/C18H21N3O3/c22-17-13-21(12-14(17)10-15-11-19-7-8-20-15)18(23)6-9-24-16-4-2-1-3-5-16/h1-5,7-8,11,14,17,22H,6,9-10,12-13H2/t14-,17-/m1/s1. The molecule has 0 unspecified atom stereocenters. The Balaban J connectivity index is 1.46. The van der Waals surface area contributed by atoms with Crippen molar-refractivity contribution in [2.45, 2.75) is 18.9 Å². The first kappa shape index (κ1) is 16.4. The van der Waals surface area contributed by atoms with Gasteiger partial charge in [-0.1, -0.05) is 18.2 Å². The smallest absolute Gasteiger partial charge is 0.226 e. The zero-order valence-electron chi connectivity index (χ0n) is 13.4. The van der Waals surface area contributed by atoms with E-state index in [1.54, 1.807) is 23.5 Å². The maximum absolute atomic E-state index is 12.3. The minimum absolute atomic E-state index is 0.000640. The maximum atomic E-state index is 12.3. The molecule has 1 aromatic heterocycles. The van der Waals surface area contributed by atoms with Gasteiger partial charge in [0.15, 0.2) is 0 Å². The number of likely N-dealkylation sites (tertiary alicyclic amines) is 1. The van der Waals surface area contributed by atoms with Crippen LogP contribution in [0.4, 0.5) is 0 Å². The van der Waals surface area contributed by atoms with E-state index in [-0.39, 0.29) is 11.8 Å². The van der Waals surface area contributed by atoms with Crippen LogP contribution in [-0.4, -0.2) is 51.7 Å². The van der Waals surface area contributed by atoms with Crippen LogP contribution >= 0.6 is 0 Å². The van der Waals surface area contributed by atoms with E-state index in [9.17, 15) is 9.90 Å². The molecule has 3 rings (SSSR count). The molecule has 1 aliphatic rings. The quantitative estimate of drug-likeness (QED) is 0.866. The molecule has 0 bridgehead atoms. The lowest BCUT2D eigenvalue weighted by Gasteiger charge is -2.16. The highest BCUT2D eigenvalue weighted by atomic mass is 16.5. The van der Waals surface area contributed by atoms with Crippen molar-refractivity contribution in [3.8, 4) is 5.75 Å². The van der Waals surface area contributed by atoms with Crippen LogP contribution in [-0.2, 0) is 11.2 Å². The number of carbonyl (C=O) groups is 1. The number of aliphatic hydroxyl groups excluding tert-OH is 1. The van der Waals surface area contributed by atoms with Crippen molar-refractivity contribution in [1.82, 2.24) is 14.9 Å². The maximum Gasteiger partial charge on any atom is 0.226 e. The molecule has 2 atom stereocenters. The van der Waals surface area contributed by atoms with Crippen LogP contribution in [0.25, 0.3) is 0 Å². The van der Waals surface area contributed by atoms with Gasteiger partial charge in [0.05, 0.1) is 24.8 Å². The number of amides is 1. The summed E-state index contributed by atoms with van der Waals surface area (Å²) in [7, 11) is 0. The molecule has 0 radical (unpaired) electrons. The predicted octanol–water partition coefficient (Wildman–Crippen LogP) is 1.31. The average molecular weight is 327 g/mol. The number of benzene rings is 1. The molecule has 1 amide bonds. The molecule has 2 heterocycles. The summed E-state index contributed by atoms with van der Waals surface area (Å²) in [6, 6.07) is 9.43. The van der Waals surface area contributed by atoms with Gasteiger partial charge in [0.25, 0.3) is 0 Å². The summed E-state index contributed by atoms with van der Waals surface area (Å²) in [5.41, 5.74) is 0.836. The second-order valence-corrected chi connectivity index (χ2v) is 5.94. The molecular formula is C18H21N3O3. The molecule has 2 aromatic rings. The van der Waals surface area contributed by atoms with Gasteiger partial charge in [-0.3, -0.25) is 14.8 Å². The Morgan fingerprint density at radius 1 is 1.25 bits per heavy atom. The van der Waals surface area contributed by atoms with Crippen molar-refractivity contribution in [3.63, 3.8) is 0 Å². The van der Waals surface area contributed by atoms with Crippen molar-refractivity contribution in [1.29, 1.82) is 0 Å². The van der Waals surface area contributed by atoms with E-state index in [1.807, 2.05) is 30.3 Å². The minimum Gasteiger partial charge on any atom is -0.493 e. The van der Waals surface area contributed by atoms with Crippen molar-refractivity contribution < 1.29 is 14.6 Å². The molecule has 0 saturated carbocycles. The molecule has 24 heavy (non-hydrogen) atoms. The van der Waals surface area contributed by atoms with E-state index in [2.05, 4.69) is 9.97 Å². The summed E-state index contributed by atoms with van der Waals surface area (Å²) < 4.78 is 5.56. The molecule has 6 heteroatoms. The van der Waals surface area contributed by atoms with Gasteiger partial charge in [-0.2, -0.15) is 0 Å². The van der Waals surface area contributed by atoms with Gasteiger partial charge in [-0.05, 0) is 18.6 Å². The third kappa shape index (κ3) is 4.29. The van der Waals surface area contributed by atoms with E-state index in [1.165, 1.54) is 0 Å². The highest BCUT2D eigenvalue weighted by Gasteiger charge is 2.34. The van der Waals surface area contributed by atoms with Crippen molar-refractivity contribution in [2.75, 3.05) is 19.7 Å². The van der Waals surface area contributed by atoms with Gasteiger partial charge in [-0.15, -0.1) is 0 Å². The summed E-state index contributed by atoms with van der Waals surface area (Å²) in [6.45, 7) is 1.25. The number of ether oxygens (including phenoxy) is 1. The van der Waals surface area contributed by atoms with Gasteiger partial charge in [0, 0.05) is 37.6 Å². The summed E-state index contributed by atoms with van der Waals surface area (Å²) >= 11 is 0. The monoisotopic (exact) mass is 327 g/mol. The van der Waals surface area contributed by atoms with Crippen LogP contribution in [0.15, 0.2) is 48.9 Å². The third-order valence-corrected chi connectivity index (χ3v) is 4.18. The fourth-order valence-corrected chi connectivity index (χ4v) is 2.89. The fourth-order valence-electron chi connectivity index (χ4n) is 2.89. The molecule has 1 saturated heterocycles. The molecular weight excluding hydrogens is 306 g/mol. The SMILES string of the molecule is O=C(CCOc1ccccc1)N1C[C@@H](Cc2cnccn2)[C@H](O)C1. The molecule has 6 nitrogen and oxygen atoms in total.